The zero-order chi connectivity index (χ0) is 24.2. The Kier molecular flexibility index (Phi) is 6.99. The molecule has 4 aromatic rings. The highest BCUT2D eigenvalue weighted by Gasteiger charge is 2.18. The molecule has 0 radical (unpaired) electrons. The summed E-state index contributed by atoms with van der Waals surface area (Å²) in [7, 11) is 0. The molecule has 1 aromatic heterocycles. The van der Waals surface area contributed by atoms with Crippen LogP contribution in [-0.2, 0) is 6.54 Å². The summed E-state index contributed by atoms with van der Waals surface area (Å²) in [5, 5.41) is 7.65. The summed E-state index contributed by atoms with van der Waals surface area (Å²) < 4.78 is 5.60. The highest BCUT2D eigenvalue weighted by atomic mass is 35.5. The van der Waals surface area contributed by atoms with Crippen molar-refractivity contribution in [3.05, 3.63) is 95.2 Å². The average Bonchev–Trinajstić information content (AvgIpc) is 3.31. The topological polar surface area (TPSA) is 60.8 Å². The summed E-state index contributed by atoms with van der Waals surface area (Å²) >= 11 is 11.6. The van der Waals surface area contributed by atoms with Gasteiger partial charge in [-0.25, -0.2) is 0 Å². The van der Waals surface area contributed by atoms with E-state index in [1.54, 1.807) is 6.07 Å². The van der Waals surface area contributed by atoms with Crippen LogP contribution in [0.25, 0.3) is 11.0 Å². The molecular formula is C27H25ClN4O2S. The Bertz CT molecular complexity index is 1310. The SMILES string of the molecule is O=C(NC(=S)Nc1ccc(N2CCN(Cc3ccccc3Cl)CC2)cc1)c1cc2ccccc2o1. The van der Waals surface area contributed by atoms with Crippen molar-refractivity contribution in [3.63, 3.8) is 0 Å². The van der Waals surface area contributed by atoms with Crippen LogP contribution in [0.3, 0.4) is 0 Å². The lowest BCUT2D eigenvalue weighted by atomic mass is 10.2. The van der Waals surface area contributed by atoms with Gasteiger partial charge in [-0.15, -0.1) is 0 Å². The lowest BCUT2D eigenvalue weighted by Crippen LogP contribution is -2.46. The van der Waals surface area contributed by atoms with E-state index in [9.17, 15) is 4.79 Å². The Balaban J connectivity index is 1.12. The second-order valence-corrected chi connectivity index (χ2v) is 9.27. The highest BCUT2D eigenvalue weighted by molar-refractivity contribution is 7.80. The van der Waals surface area contributed by atoms with E-state index in [0.29, 0.717) is 5.58 Å². The summed E-state index contributed by atoms with van der Waals surface area (Å²) in [6, 6.07) is 25.3. The van der Waals surface area contributed by atoms with Gasteiger partial charge in [-0.1, -0.05) is 48.0 Å². The lowest BCUT2D eigenvalue weighted by molar-refractivity contribution is 0.0953. The highest BCUT2D eigenvalue weighted by Crippen LogP contribution is 2.22. The van der Waals surface area contributed by atoms with E-state index < -0.39 is 0 Å². The van der Waals surface area contributed by atoms with E-state index >= 15 is 0 Å². The summed E-state index contributed by atoms with van der Waals surface area (Å²) in [4.78, 5) is 17.3. The van der Waals surface area contributed by atoms with Gasteiger partial charge >= 0.3 is 0 Å². The van der Waals surface area contributed by atoms with E-state index in [2.05, 4.69) is 38.6 Å². The van der Waals surface area contributed by atoms with Crippen LogP contribution in [0.1, 0.15) is 16.1 Å². The van der Waals surface area contributed by atoms with Gasteiger partial charge in [-0.05, 0) is 60.2 Å². The van der Waals surface area contributed by atoms with Crippen molar-refractivity contribution in [3.8, 4) is 0 Å². The fourth-order valence-electron chi connectivity index (χ4n) is 4.21. The number of furan rings is 1. The lowest BCUT2D eigenvalue weighted by Gasteiger charge is -2.36. The van der Waals surface area contributed by atoms with Crippen LogP contribution < -0.4 is 15.5 Å². The molecule has 0 bridgehead atoms. The van der Waals surface area contributed by atoms with Crippen molar-refractivity contribution in [1.29, 1.82) is 0 Å². The number of hydrogen-bond donors (Lipinski definition) is 2. The fraction of sp³-hybridized carbons (Fsp3) is 0.185. The maximum Gasteiger partial charge on any atom is 0.293 e. The van der Waals surface area contributed by atoms with Gasteiger partial charge in [0.2, 0.25) is 0 Å². The average molecular weight is 505 g/mol. The molecule has 1 fully saturated rings. The number of para-hydroxylation sites is 1. The third kappa shape index (κ3) is 5.65. The number of nitrogens with one attached hydrogen (secondary N) is 2. The number of fused-ring (bicyclic) bond motifs is 1. The number of benzene rings is 3. The number of halogens is 1. The van der Waals surface area contributed by atoms with Crippen molar-refractivity contribution in [1.82, 2.24) is 10.2 Å². The monoisotopic (exact) mass is 504 g/mol. The van der Waals surface area contributed by atoms with Crippen LogP contribution in [0.5, 0.6) is 0 Å². The molecule has 0 atom stereocenters. The van der Waals surface area contributed by atoms with Gasteiger partial charge in [0.1, 0.15) is 5.58 Å². The van der Waals surface area contributed by atoms with E-state index in [4.69, 9.17) is 28.2 Å². The summed E-state index contributed by atoms with van der Waals surface area (Å²) in [5.41, 5.74) is 3.80. The molecule has 2 heterocycles. The van der Waals surface area contributed by atoms with Crippen LogP contribution in [0.4, 0.5) is 11.4 Å². The first-order valence-electron chi connectivity index (χ1n) is 11.5. The smallest absolute Gasteiger partial charge is 0.293 e. The first-order chi connectivity index (χ1) is 17.0. The standard InChI is InChI=1S/C27H25ClN4O2S/c28-23-7-3-1-6-20(23)18-31-13-15-32(16-14-31)22-11-9-21(10-12-22)29-27(35)30-26(33)25-17-19-5-2-4-8-24(19)34-25/h1-12,17H,13-16,18H2,(H2,29,30,33,35). The summed E-state index contributed by atoms with van der Waals surface area (Å²) in [6.07, 6.45) is 0. The largest absolute Gasteiger partial charge is 0.451 e. The number of carbonyl (C=O) groups is 1. The molecule has 1 saturated heterocycles. The van der Waals surface area contributed by atoms with Crippen LogP contribution in [-0.4, -0.2) is 42.1 Å². The van der Waals surface area contributed by atoms with Crippen molar-refractivity contribution in [2.45, 2.75) is 6.54 Å². The number of nitrogens with zero attached hydrogens (tertiary/aromatic N) is 2. The Hall–Kier alpha value is -3.39. The van der Waals surface area contributed by atoms with E-state index in [1.165, 1.54) is 5.56 Å². The number of hydrogen-bond acceptors (Lipinski definition) is 5. The maximum atomic E-state index is 12.5. The molecule has 1 aliphatic rings. The van der Waals surface area contributed by atoms with Gasteiger partial charge in [0, 0.05) is 54.5 Å². The molecule has 8 heteroatoms. The Morgan fingerprint density at radius 3 is 2.40 bits per heavy atom. The molecule has 1 aliphatic heterocycles. The minimum Gasteiger partial charge on any atom is -0.451 e. The van der Waals surface area contributed by atoms with Crippen LogP contribution in [0.2, 0.25) is 5.02 Å². The quantitative estimate of drug-likeness (QED) is 0.348. The number of amides is 1. The molecule has 1 amide bonds. The first-order valence-corrected chi connectivity index (χ1v) is 12.3. The molecule has 0 unspecified atom stereocenters. The van der Waals surface area contributed by atoms with Crippen molar-refractivity contribution in [2.24, 2.45) is 0 Å². The second kappa shape index (κ2) is 10.5. The van der Waals surface area contributed by atoms with E-state index in [0.717, 1.165) is 54.5 Å². The van der Waals surface area contributed by atoms with Gasteiger partial charge < -0.3 is 14.6 Å². The molecule has 3 aromatic carbocycles. The minimum absolute atomic E-state index is 0.219. The minimum atomic E-state index is -0.384. The van der Waals surface area contributed by atoms with Gasteiger partial charge in [0.15, 0.2) is 10.9 Å². The summed E-state index contributed by atoms with van der Waals surface area (Å²) in [5.74, 6) is -0.163. The number of thiocarbonyl (C=S) groups is 1. The summed E-state index contributed by atoms with van der Waals surface area (Å²) in [6.45, 7) is 4.71. The van der Waals surface area contributed by atoms with Crippen molar-refractivity contribution in [2.75, 3.05) is 36.4 Å². The van der Waals surface area contributed by atoms with Crippen LogP contribution in [0, 0.1) is 0 Å². The number of carbonyl (C=O) groups excluding carboxylic acids is 1. The van der Waals surface area contributed by atoms with Crippen LogP contribution >= 0.6 is 23.8 Å². The van der Waals surface area contributed by atoms with Gasteiger partial charge in [0.25, 0.3) is 5.91 Å². The Labute approximate surface area is 214 Å². The molecule has 0 saturated carbocycles. The molecule has 0 spiro atoms. The van der Waals surface area contributed by atoms with Crippen molar-refractivity contribution >= 4 is 57.2 Å². The van der Waals surface area contributed by atoms with Gasteiger partial charge in [-0.3, -0.25) is 15.0 Å². The molecule has 2 N–H and O–H groups in total. The Morgan fingerprint density at radius 2 is 1.66 bits per heavy atom. The maximum absolute atomic E-state index is 12.5. The number of rotatable bonds is 5. The number of piperazine rings is 1. The molecule has 35 heavy (non-hydrogen) atoms. The van der Waals surface area contributed by atoms with Gasteiger partial charge in [-0.2, -0.15) is 0 Å². The van der Waals surface area contributed by atoms with E-state index in [1.807, 2.05) is 54.6 Å². The third-order valence-corrected chi connectivity index (χ3v) is 6.66. The first kappa shape index (κ1) is 23.4. The molecule has 0 aliphatic carbocycles. The van der Waals surface area contributed by atoms with E-state index in [-0.39, 0.29) is 16.8 Å². The predicted molar refractivity (Wildman–Crippen MR) is 145 cm³/mol. The van der Waals surface area contributed by atoms with Crippen LogP contribution in [0.15, 0.2) is 83.3 Å². The fourth-order valence-corrected chi connectivity index (χ4v) is 4.61. The van der Waals surface area contributed by atoms with Gasteiger partial charge in [0.05, 0.1) is 0 Å². The number of anilines is 2. The molecular weight excluding hydrogens is 480 g/mol. The van der Waals surface area contributed by atoms with Crippen molar-refractivity contribution < 1.29 is 9.21 Å². The Morgan fingerprint density at radius 1 is 0.943 bits per heavy atom. The molecule has 6 nitrogen and oxygen atoms in total. The normalized spacial score (nSPS) is 14.1. The zero-order valence-electron chi connectivity index (χ0n) is 19.0. The zero-order valence-corrected chi connectivity index (χ0v) is 20.6. The predicted octanol–water partition coefficient (Wildman–Crippen LogP) is 5.54. The third-order valence-electron chi connectivity index (χ3n) is 6.09. The second-order valence-electron chi connectivity index (χ2n) is 8.46. The molecule has 178 valence electrons. The molecule has 5 rings (SSSR count).